The second-order valence-electron chi connectivity index (χ2n) is 4.18. The van der Waals surface area contributed by atoms with Gasteiger partial charge in [0.2, 0.25) is 0 Å². The Morgan fingerprint density at radius 3 is 2.40 bits per heavy atom. The molecule has 0 atom stereocenters. The average Bonchev–Trinajstić information content (AvgIpc) is 2.91. The molecule has 3 aromatic rings. The first kappa shape index (κ1) is 13.5. The number of hydrogen-bond acceptors (Lipinski definition) is 3. The number of hydrogen-bond donors (Lipinski definition) is 1. The topological polar surface area (TPSA) is 24.9 Å². The van der Waals surface area contributed by atoms with Gasteiger partial charge in [-0.3, -0.25) is 0 Å². The van der Waals surface area contributed by atoms with E-state index in [1.807, 2.05) is 29.6 Å². The molecule has 0 saturated heterocycles. The summed E-state index contributed by atoms with van der Waals surface area (Å²) >= 11 is 3.80. The first-order chi connectivity index (χ1) is 9.70. The standard InChI is InChI=1S/C15H10FIN2S/c16-11-3-1-10(2-4-11)14-9-20-15(19-14)18-13-7-5-12(17)6-8-13/h1-9H,(H,18,19). The van der Waals surface area contributed by atoms with Gasteiger partial charge in [0.15, 0.2) is 5.13 Å². The molecule has 100 valence electrons. The van der Waals surface area contributed by atoms with Crippen LogP contribution in [0.2, 0.25) is 0 Å². The van der Waals surface area contributed by atoms with Crippen LogP contribution in [0.1, 0.15) is 0 Å². The molecule has 1 N–H and O–H groups in total. The van der Waals surface area contributed by atoms with E-state index in [0.717, 1.165) is 22.1 Å². The summed E-state index contributed by atoms with van der Waals surface area (Å²) in [5, 5.41) is 6.05. The number of rotatable bonds is 3. The third-order valence-corrected chi connectivity index (χ3v) is 4.22. The number of halogens is 2. The quantitative estimate of drug-likeness (QED) is 0.608. The van der Waals surface area contributed by atoms with Crippen molar-refractivity contribution in [2.24, 2.45) is 0 Å². The maximum Gasteiger partial charge on any atom is 0.187 e. The van der Waals surface area contributed by atoms with Crippen LogP contribution in [0, 0.1) is 9.39 Å². The van der Waals surface area contributed by atoms with Crippen molar-refractivity contribution in [2.45, 2.75) is 0 Å². The summed E-state index contributed by atoms with van der Waals surface area (Å²) in [7, 11) is 0. The molecule has 0 amide bonds. The summed E-state index contributed by atoms with van der Waals surface area (Å²) in [5.74, 6) is -0.235. The van der Waals surface area contributed by atoms with Crippen molar-refractivity contribution in [3.63, 3.8) is 0 Å². The van der Waals surface area contributed by atoms with Crippen LogP contribution in [0.25, 0.3) is 11.3 Å². The Bertz CT molecular complexity index is 707. The minimum absolute atomic E-state index is 0.235. The molecule has 1 heterocycles. The van der Waals surface area contributed by atoms with Gasteiger partial charge in [-0.1, -0.05) is 0 Å². The molecule has 0 unspecified atom stereocenters. The number of nitrogens with one attached hydrogen (secondary N) is 1. The number of benzene rings is 2. The van der Waals surface area contributed by atoms with E-state index in [0.29, 0.717) is 0 Å². The van der Waals surface area contributed by atoms with E-state index in [9.17, 15) is 4.39 Å². The van der Waals surface area contributed by atoms with Gasteiger partial charge < -0.3 is 5.32 Å². The molecular weight excluding hydrogens is 386 g/mol. The minimum atomic E-state index is -0.235. The molecule has 2 aromatic carbocycles. The molecule has 0 radical (unpaired) electrons. The Kier molecular flexibility index (Phi) is 3.98. The van der Waals surface area contributed by atoms with Crippen LogP contribution in [0.5, 0.6) is 0 Å². The van der Waals surface area contributed by atoms with E-state index < -0.39 is 0 Å². The maximum absolute atomic E-state index is 12.9. The van der Waals surface area contributed by atoms with Gasteiger partial charge in [0.25, 0.3) is 0 Å². The summed E-state index contributed by atoms with van der Waals surface area (Å²) in [6, 6.07) is 14.5. The third kappa shape index (κ3) is 3.16. The van der Waals surface area contributed by atoms with Gasteiger partial charge in [-0.15, -0.1) is 11.3 Å². The molecule has 0 aliphatic rings. The fourth-order valence-electron chi connectivity index (χ4n) is 1.74. The summed E-state index contributed by atoms with van der Waals surface area (Å²) < 4.78 is 14.1. The number of aromatic nitrogens is 1. The van der Waals surface area contributed by atoms with E-state index in [4.69, 9.17) is 0 Å². The fraction of sp³-hybridized carbons (Fsp3) is 0. The van der Waals surface area contributed by atoms with Crippen LogP contribution >= 0.6 is 33.9 Å². The van der Waals surface area contributed by atoms with Crippen molar-refractivity contribution in [3.05, 3.63) is 63.3 Å². The van der Waals surface area contributed by atoms with Crippen LogP contribution in [0.3, 0.4) is 0 Å². The van der Waals surface area contributed by atoms with Gasteiger partial charge in [-0.05, 0) is 71.1 Å². The van der Waals surface area contributed by atoms with Gasteiger partial charge in [0, 0.05) is 20.2 Å². The van der Waals surface area contributed by atoms with E-state index in [1.165, 1.54) is 27.0 Å². The molecule has 20 heavy (non-hydrogen) atoms. The third-order valence-electron chi connectivity index (χ3n) is 2.74. The Balaban J connectivity index is 1.80. The first-order valence-corrected chi connectivity index (χ1v) is 7.90. The monoisotopic (exact) mass is 396 g/mol. The number of nitrogens with zero attached hydrogens (tertiary/aromatic N) is 1. The largest absolute Gasteiger partial charge is 0.332 e. The van der Waals surface area contributed by atoms with Crippen LogP contribution in [-0.2, 0) is 0 Å². The van der Waals surface area contributed by atoms with Gasteiger partial charge in [0.1, 0.15) is 5.82 Å². The Morgan fingerprint density at radius 2 is 1.70 bits per heavy atom. The fourth-order valence-corrected chi connectivity index (χ4v) is 2.84. The predicted molar refractivity (Wildman–Crippen MR) is 89.9 cm³/mol. The Morgan fingerprint density at radius 1 is 1.00 bits per heavy atom. The van der Waals surface area contributed by atoms with Crippen LogP contribution in [0.4, 0.5) is 15.2 Å². The van der Waals surface area contributed by atoms with Crippen molar-refractivity contribution >= 4 is 44.7 Å². The first-order valence-electron chi connectivity index (χ1n) is 5.95. The molecule has 0 bridgehead atoms. The number of anilines is 2. The van der Waals surface area contributed by atoms with Gasteiger partial charge in [-0.25, -0.2) is 9.37 Å². The van der Waals surface area contributed by atoms with Crippen molar-refractivity contribution < 1.29 is 4.39 Å². The van der Waals surface area contributed by atoms with E-state index in [-0.39, 0.29) is 5.82 Å². The highest BCUT2D eigenvalue weighted by atomic mass is 127. The van der Waals surface area contributed by atoms with Gasteiger partial charge in [-0.2, -0.15) is 0 Å². The van der Waals surface area contributed by atoms with Gasteiger partial charge >= 0.3 is 0 Å². The van der Waals surface area contributed by atoms with E-state index >= 15 is 0 Å². The van der Waals surface area contributed by atoms with Crippen molar-refractivity contribution in [1.29, 1.82) is 0 Å². The molecular formula is C15H10FIN2S. The van der Waals surface area contributed by atoms with Crippen LogP contribution in [-0.4, -0.2) is 4.98 Å². The molecule has 0 aliphatic carbocycles. The highest BCUT2D eigenvalue weighted by Gasteiger charge is 2.05. The van der Waals surface area contributed by atoms with Crippen LogP contribution < -0.4 is 5.32 Å². The maximum atomic E-state index is 12.9. The van der Waals surface area contributed by atoms with Crippen molar-refractivity contribution in [1.82, 2.24) is 4.98 Å². The summed E-state index contributed by atoms with van der Waals surface area (Å²) in [6.45, 7) is 0. The van der Waals surface area contributed by atoms with Crippen LogP contribution in [0.15, 0.2) is 53.9 Å². The zero-order valence-corrected chi connectivity index (χ0v) is 13.3. The van der Waals surface area contributed by atoms with E-state index in [1.54, 1.807) is 12.1 Å². The average molecular weight is 396 g/mol. The molecule has 2 nitrogen and oxygen atoms in total. The molecule has 0 saturated carbocycles. The molecule has 1 aromatic heterocycles. The normalized spacial score (nSPS) is 10.5. The zero-order chi connectivity index (χ0) is 13.9. The lowest BCUT2D eigenvalue weighted by molar-refractivity contribution is 0.628. The smallest absolute Gasteiger partial charge is 0.187 e. The Labute approximate surface area is 133 Å². The summed E-state index contributed by atoms with van der Waals surface area (Å²) in [6.07, 6.45) is 0. The van der Waals surface area contributed by atoms with Crippen molar-refractivity contribution in [2.75, 3.05) is 5.32 Å². The molecule has 3 rings (SSSR count). The number of thiazole rings is 1. The molecule has 0 fully saturated rings. The highest BCUT2D eigenvalue weighted by molar-refractivity contribution is 14.1. The summed E-state index contributed by atoms with van der Waals surface area (Å²) in [4.78, 5) is 4.51. The van der Waals surface area contributed by atoms with Gasteiger partial charge in [0.05, 0.1) is 5.69 Å². The lowest BCUT2D eigenvalue weighted by Crippen LogP contribution is -1.89. The minimum Gasteiger partial charge on any atom is -0.332 e. The predicted octanol–water partition coefficient (Wildman–Crippen LogP) is 5.30. The molecule has 0 aliphatic heterocycles. The molecule has 0 spiro atoms. The second-order valence-corrected chi connectivity index (χ2v) is 6.28. The highest BCUT2D eigenvalue weighted by Crippen LogP contribution is 2.27. The lowest BCUT2D eigenvalue weighted by Gasteiger charge is -2.02. The van der Waals surface area contributed by atoms with Crippen molar-refractivity contribution in [3.8, 4) is 11.3 Å². The second kappa shape index (κ2) is 5.88. The Hall–Kier alpha value is -1.47. The zero-order valence-electron chi connectivity index (χ0n) is 10.3. The molecule has 5 heteroatoms. The lowest BCUT2D eigenvalue weighted by atomic mass is 10.2. The SMILES string of the molecule is Fc1ccc(-c2csc(Nc3ccc(I)cc3)n2)cc1. The summed E-state index contributed by atoms with van der Waals surface area (Å²) in [5.41, 5.74) is 2.77. The van der Waals surface area contributed by atoms with E-state index in [2.05, 4.69) is 32.9 Å².